The molecular formula is C24H28FN9O2. The lowest BCUT2D eigenvalue weighted by Crippen LogP contribution is -2.41. The number of aromatic nitrogens is 6. The van der Waals surface area contributed by atoms with Crippen molar-refractivity contribution in [2.45, 2.75) is 38.7 Å². The number of amides is 1. The second-order valence-corrected chi connectivity index (χ2v) is 9.05. The summed E-state index contributed by atoms with van der Waals surface area (Å²) in [5.41, 5.74) is 2.84. The van der Waals surface area contributed by atoms with E-state index in [4.69, 9.17) is 9.72 Å². The first-order chi connectivity index (χ1) is 17.4. The predicted molar refractivity (Wildman–Crippen MR) is 133 cm³/mol. The van der Waals surface area contributed by atoms with Gasteiger partial charge in [0.2, 0.25) is 5.95 Å². The lowest BCUT2D eigenvalue weighted by molar-refractivity contribution is 0.132. The number of hydrogen-bond donors (Lipinski definition) is 2. The highest BCUT2D eigenvalue weighted by Crippen LogP contribution is 2.29. The number of alkyl halides is 1. The van der Waals surface area contributed by atoms with Crippen LogP contribution in [0.3, 0.4) is 0 Å². The summed E-state index contributed by atoms with van der Waals surface area (Å²) in [6.07, 6.45) is 3.25. The molecule has 36 heavy (non-hydrogen) atoms. The number of fused-ring (bicyclic) bond motifs is 1. The number of nitrogens with one attached hydrogen (secondary N) is 2. The van der Waals surface area contributed by atoms with Gasteiger partial charge in [-0.15, -0.1) is 0 Å². The molecule has 0 saturated carbocycles. The molecule has 0 aliphatic carbocycles. The summed E-state index contributed by atoms with van der Waals surface area (Å²) in [4.78, 5) is 27.9. The minimum absolute atomic E-state index is 0.0390. The number of rotatable bonds is 7. The normalized spacial score (nSPS) is 17.6. The van der Waals surface area contributed by atoms with Crippen LogP contribution in [0.5, 0.6) is 0 Å². The van der Waals surface area contributed by atoms with Gasteiger partial charge in [-0.2, -0.15) is 15.1 Å². The van der Waals surface area contributed by atoms with Crippen LogP contribution in [0.2, 0.25) is 0 Å². The second kappa shape index (κ2) is 9.80. The molecule has 2 unspecified atom stereocenters. The van der Waals surface area contributed by atoms with Crippen LogP contribution in [0, 0.1) is 0 Å². The number of nitrogens with zero attached hydrogens (tertiary/aromatic N) is 7. The molecule has 1 saturated heterocycles. The monoisotopic (exact) mass is 493 g/mol. The van der Waals surface area contributed by atoms with Gasteiger partial charge in [0.25, 0.3) is 0 Å². The number of benzene rings is 1. The van der Waals surface area contributed by atoms with Crippen molar-refractivity contribution in [3.63, 3.8) is 0 Å². The van der Waals surface area contributed by atoms with Crippen molar-refractivity contribution in [1.29, 1.82) is 0 Å². The highest BCUT2D eigenvalue weighted by atomic mass is 19.1. The molecule has 12 heteroatoms. The Balaban J connectivity index is 1.34. The average Bonchev–Trinajstić information content (AvgIpc) is 3.57. The van der Waals surface area contributed by atoms with E-state index in [1.54, 1.807) is 22.1 Å². The van der Waals surface area contributed by atoms with Gasteiger partial charge in [0.15, 0.2) is 17.0 Å². The van der Waals surface area contributed by atoms with E-state index < -0.39 is 18.3 Å². The summed E-state index contributed by atoms with van der Waals surface area (Å²) in [5.74, 6) is 0.845. The number of ether oxygens (including phenoxy) is 1. The summed E-state index contributed by atoms with van der Waals surface area (Å²) >= 11 is 0. The van der Waals surface area contributed by atoms with E-state index in [-0.39, 0.29) is 25.7 Å². The van der Waals surface area contributed by atoms with Crippen molar-refractivity contribution in [2.75, 3.05) is 23.3 Å². The number of carbonyl (C=O) groups is 1. The molecule has 0 bridgehead atoms. The molecule has 1 amide bonds. The largest absolute Gasteiger partial charge is 0.445 e. The van der Waals surface area contributed by atoms with Gasteiger partial charge in [0.05, 0.1) is 30.8 Å². The fourth-order valence-electron chi connectivity index (χ4n) is 4.11. The van der Waals surface area contributed by atoms with Gasteiger partial charge in [-0.3, -0.25) is 4.68 Å². The molecule has 0 radical (unpaired) electrons. The molecule has 4 aromatic rings. The van der Waals surface area contributed by atoms with Crippen LogP contribution in [-0.4, -0.2) is 60.7 Å². The lowest BCUT2D eigenvalue weighted by atomic mass is 10.2. The quantitative estimate of drug-likeness (QED) is 0.403. The third kappa shape index (κ3) is 4.92. The van der Waals surface area contributed by atoms with Crippen LogP contribution in [0.4, 0.5) is 26.6 Å². The zero-order valence-electron chi connectivity index (χ0n) is 20.3. The number of imidazole rings is 1. The van der Waals surface area contributed by atoms with Crippen molar-refractivity contribution >= 4 is 34.7 Å². The Labute approximate surface area is 207 Å². The van der Waals surface area contributed by atoms with Gasteiger partial charge in [0.1, 0.15) is 12.8 Å². The number of alkyl carbamates (subject to hydrolysis) is 1. The van der Waals surface area contributed by atoms with Crippen LogP contribution in [0.25, 0.3) is 11.2 Å². The minimum Gasteiger partial charge on any atom is -0.445 e. The maximum Gasteiger partial charge on any atom is 0.407 e. The molecule has 1 aromatic carbocycles. The summed E-state index contributed by atoms with van der Waals surface area (Å²) in [7, 11) is 1.82. The summed E-state index contributed by atoms with van der Waals surface area (Å²) in [6.45, 7) is 4.42. The molecule has 1 aliphatic rings. The predicted octanol–water partition coefficient (Wildman–Crippen LogP) is 3.34. The molecule has 1 fully saturated rings. The van der Waals surface area contributed by atoms with Gasteiger partial charge >= 0.3 is 6.09 Å². The topological polar surface area (TPSA) is 115 Å². The summed E-state index contributed by atoms with van der Waals surface area (Å²) in [5, 5.41) is 10.1. The smallest absolute Gasteiger partial charge is 0.407 e. The number of anilines is 3. The zero-order chi connectivity index (χ0) is 25.2. The van der Waals surface area contributed by atoms with E-state index in [1.807, 2.05) is 62.0 Å². The first-order valence-corrected chi connectivity index (χ1v) is 11.7. The fourth-order valence-corrected chi connectivity index (χ4v) is 4.11. The van der Waals surface area contributed by atoms with E-state index in [9.17, 15) is 9.18 Å². The Bertz CT molecular complexity index is 1350. The second-order valence-electron chi connectivity index (χ2n) is 9.05. The van der Waals surface area contributed by atoms with E-state index in [0.717, 1.165) is 11.3 Å². The molecule has 11 nitrogen and oxygen atoms in total. The Morgan fingerprint density at radius 3 is 2.75 bits per heavy atom. The fraction of sp³-hybridized carbons (Fsp3) is 0.375. The zero-order valence-corrected chi connectivity index (χ0v) is 20.3. The van der Waals surface area contributed by atoms with Crippen molar-refractivity contribution in [3.8, 4) is 0 Å². The Morgan fingerprint density at radius 2 is 2.03 bits per heavy atom. The van der Waals surface area contributed by atoms with Crippen molar-refractivity contribution in [2.24, 2.45) is 7.05 Å². The molecule has 3 aromatic heterocycles. The van der Waals surface area contributed by atoms with Crippen molar-refractivity contribution in [3.05, 3.63) is 54.6 Å². The van der Waals surface area contributed by atoms with Gasteiger partial charge in [0, 0.05) is 25.8 Å². The molecule has 1 aliphatic heterocycles. The molecular weight excluding hydrogens is 465 g/mol. The Hall–Kier alpha value is -4.22. The maximum absolute atomic E-state index is 14.9. The third-order valence-corrected chi connectivity index (χ3v) is 5.98. The SMILES string of the molecule is CC(C)n1cnc2c(Nc3cnn(C)c3)nc(N3CC(F)C(NC(=O)OCc4ccccc4)C3)nc21. The van der Waals surface area contributed by atoms with Crippen LogP contribution in [0.1, 0.15) is 25.5 Å². The van der Waals surface area contributed by atoms with Crippen molar-refractivity contribution < 1.29 is 13.9 Å². The average molecular weight is 494 g/mol. The lowest BCUT2D eigenvalue weighted by Gasteiger charge is -2.18. The van der Waals surface area contributed by atoms with Gasteiger partial charge < -0.3 is 24.8 Å². The highest BCUT2D eigenvalue weighted by molar-refractivity contribution is 5.86. The Kier molecular flexibility index (Phi) is 6.40. The standard InChI is InChI=1S/C24H28FN9O2/c1-15(2)34-14-26-20-21(28-17-9-27-32(3)10-17)30-23(31-22(20)34)33-11-18(25)19(12-33)29-24(35)36-13-16-7-5-4-6-8-16/h4-10,14-15,18-19H,11-13H2,1-3H3,(H,29,35)(H,28,30,31). The highest BCUT2D eigenvalue weighted by Gasteiger charge is 2.36. The number of carbonyl (C=O) groups excluding carboxylic acids is 1. The summed E-state index contributed by atoms with van der Waals surface area (Å²) in [6, 6.07) is 8.69. The van der Waals surface area contributed by atoms with Crippen LogP contribution >= 0.6 is 0 Å². The Morgan fingerprint density at radius 1 is 1.22 bits per heavy atom. The molecule has 2 atom stereocenters. The molecule has 0 spiro atoms. The van der Waals surface area contributed by atoms with Crippen molar-refractivity contribution in [1.82, 2.24) is 34.6 Å². The van der Waals surface area contributed by atoms with Gasteiger partial charge in [-0.25, -0.2) is 14.2 Å². The van der Waals surface area contributed by atoms with Crippen LogP contribution in [-0.2, 0) is 18.4 Å². The third-order valence-electron chi connectivity index (χ3n) is 5.98. The summed E-state index contributed by atoms with van der Waals surface area (Å²) < 4.78 is 23.8. The number of hydrogen-bond acceptors (Lipinski definition) is 8. The van der Waals surface area contributed by atoms with E-state index in [0.29, 0.717) is 22.9 Å². The number of aryl methyl sites for hydroxylation is 1. The molecule has 2 N–H and O–H groups in total. The van der Waals surface area contributed by atoms with E-state index >= 15 is 0 Å². The molecule has 4 heterocycles. The van der Waals surface area contributed by atoms with E-state index in [1.165, 1.54) is 0 Å². The van der Waals surface area contributed by atoms with Gasteiger partial charge in [-0.05, 0) is 19.4 Å². The molecule has 188 valence electrons. The number of halogens is 1. The minimum atomic E-state index is -1.31. The van der Waals surface area contributed by atoms with Gasteiger partial charge in [-0.1, -0.05) is 30.3 Å². The van der Waals surface area contributed by atoms with Crippen LogP contribution < -0.4 is 15.5 Å². The first-order valence-electron chi connectivity index (χ1n) is 11.7. The van der Waals surface area contributed by atoms with Crippen LogP contribution in [0.15, 0.2) is 49.1 Å². The first kappa shape index (κ1) is 23.5. The molecule has 5 rings (SSSR count). The maximum atomic E-state index is 14.9. The van der Waals surface area contributed by atoms with E-state index in [2.05, 4.69) is 25.7 Å².